The summed E-state index contributed by atoms with van der Waals surface area (Å²) < 4.78 is 0. The molecule has 2 heterocycles. The van der Waals surface area contributed by atoms with Crippen LogP contribution in [0.25, 0.3) is 16.5 Å². The average molecular weight is 350 g/mol. The van der Waals surface area contributed by atoms with Crippen molar-refractivity contribution in [3.05, 3.63) is 60.7 Å². The number of carbonyl (C=O) groups excluding carboxylic acids is 1. The minimum absolute atomic E-state index is 0.0740. The molecule has 0 saturated carbocycles. The van der Waals surface area contributed by atoms with E-state index in [4.69, 9.17) is 4.98 Å². The lowest BCUT2D eigenvalue weighted by Crippen LogP contribution is -2.46. The minimum Gasteiger partial charge on any atom is -0.508 e. The van der Waals surface area contributed by atoms with Crippen LogP contribution in [0.1, 0.15) is 12.7 Å². The molecule has 0 bridgehead atoms. The van der Waals surface area contributed by atoms with Gasteiger partial charge in [0.25, 0.3) is 0 Å². The number of anilines is 1. The molecule has 0 spiro atoms. The monoisotopic (exact) mass is 350 g/mol. The van der Waals surface area contributed by atoms with Gasteiger partial charge in [0.1, 0.15) is 11.6 Å². The summed E-state index contributed by atoms with van der Waals surface area (Å²) in [5.41, 5.74) is 1.29. The van der Waals surface area contributed by atoms with Crippen LogP contribution >= 0.6 is 0 Å². The van der Waals surface area contributed by atoms with E-state index in [9.17, 15) is 9.90 Å². The topological polar surface area (TPSA) is 69.6 Å². The molecule has 3 rings (SSSR count). The van der Waals surface area contributed by atoms with Gasteiger partial charge in [-0.15, -0.1) is 0 Å². The predicted molar refractivity (Wildman–Crippen MR) is 104 cm³/mol. The number of aliphatic hydroxyl groups excluding tert-OH is 1. The number of benzene rings is 1. The lowest BCUT2D eigenvalue weighted by molar-refractivity contribution is -0.118. The maximum atomic E-state index is 11.0. The summed E-state index contributed by atoms with van der Waals surface area (Å²) in [7, 11) is 0. The van der Waals surface area contributed by atoms with Crippen molar-refractivity contribution in [3.63, 3.8) is 0 Å². The third-order valence-electron chi connectivity index (χ3n) is 4.35. The van der Waals surface area contributed by atoms with Crippen molar-refractivity contribution < 1.29 is 9.90 Å². The van der Waals surface area contributed by atoms with E-state index < -0.39 is 0 Å². The van der Waals surface area contributed by atoms with Crippen LogP contribution in [0.15, 0.2) is 54.8 Å². The third-order valence-corrected chi connectivity index (χ3v) is 4.35. The van der Waals surface area contributed by atoms with Gasteiger partial charge in [-0.25, -0.2) is 9.97 Å². The van der Waals surface area contributed by atoms with Gasteiger partial charge >= 0.3 is 0 Å². The first-order valence-electron chi connectivity index (χ1n) is 8.56. The van der Waals surface area contributed by atoms with Crippen molar-refractivity contribution in [3.8, 4) is 0 Å². The maximum Gasteiger partial charge on any atom is 0.209 e. The lowest BCUT2D eigenvalue weighted by atomic mass is 10.1. The molecule has 1 N–H and O–H groups in total. The van der Waals surface area contributed by atoms with E-state index >= 15 is 0 Å². The first-order chi connectivity index (χ1) is 12.6. The van der Waals surface area contributed by atoms with Crippen molar-refractivity contribution in [2.75, 3.05) is 31.1 Å². The summed E-state index contributed by atoms with van der Waals surface area (Å²) in [5.74, 6) is 1.17. The highest BCUT2D eigenvalue weighted by Crippen LogP contribution is 2.28. The van der Waals surface area contributed by atoms with E-state index in [0.29, 0.717) is 37.6 Å². The second-order valence-corrected chi connectivity index (χ2v) is 6.07. The number of aromatic nitrogens is 2. The zero-order chi connectivity index (χ0) is 18.5. The number of rotatable bonds is 5. The van der Waals surface area contributed by atoms with Crippen molar-refractivity contribution in [1.29, 1.82) is 0 Å². The molecule has 6 heteroatoms. The number of hydrogen-bond acceptors (Lipinski definition) is 5. The van der Waals surface area contributed by atoms with Gasteiger partial charge in [-0.2, -0.15) is 0 Å². The fourth-order valence-electron chi connectivity index (χ4n) is 2.95. The Morgan fingerprint density at radius 2 is 1.92 bits per heavy atom. The number of amides is 1. The second kappa shape index (κ2) is 7.82. The Bertz CT molecular complexity index is 881. The number of hydrogen-bond donors (Lipinski definition) is 1. The number of piperazine rings is 1. The molecule has 0 aliphatic carbocycles. The van der Waals surface area contributed by atoms with Crippen LogP contribution in [0.5, 0.6) is 0 Å². The van der Waals surface area contributed by atoms with Crippen molar-refractivity contribution in [2.24, 2.45) is 0 Å². The first-order valence-corrected chi connectivity index (χ1v) is 8.56. The van der Waals surface area contributed by atoms with Gasteiger partial charge in [0.15, 0.2) is 5.82 Å². The highest BCUT2D eigenvalue weighted by molar-refractivity contribution is 5.91. The molecule has 1 amide bonds. The molecule has 1 aromatic heterocycles. The summed E-state index contributed by atoms with van der Waals surface area (Å²) in [4.78, 5) is 24.2. The molecule has 26 heavy (non-hydrogen) atoms. The molecule has 0 radical (unpaired) electrons. The summed E-state index contributed by atoms with van der Waals surface area (Å²) in [6.45, 7) is 8.26. The standard InChI is InChI=1S/C20H22N4O2/c1-3-4-7-16(15(2)26)19-21-18-9-6-5-8-17(18)20(22-19)24-12-10-23(14-25)11-13-24/h3-9,14,26H,2,10-13H2,1H3/b4-3-,16-7+. The molecule has 1 aliphatic rings. The molecule has 0 unspecified atom stereocenters. The molecule has 2 aromatic rings. The SMILES string of the molecule is C=C(O)/C(=C\C=C/C)c1nc(N2CCN(C=O)CC2)c2ccccc2n1. The number of carbonyl (C=O) groups is 1. The molecule has 1 fully saturated rings. The molecule has 134 valence electrons. The molecule has 1 aromatic carbocycles. The second-order valence-electron chi connectivity index (χ2n) is 6.07. The predicted octanol–water partition coefficient (Wildman–Crippen LogP) is 2.94. The fourth-order valence-corrected chi connectivity index (χ4v) is 2.95. The Kier molecular flexibility index (Phi) is 5.31. The number of aliphatic hydroxyl groups is 1. The Labute approximate surface area is 152 Å². The van der Waals surface area contributed by atoms with Gasteiger partial charge in [0, 0.05) is 31.6 Å². The number of para-hydroxylation sites is 1. The third kappa shape index (κ3) is 3.59. The van der Waals surface area contributed by atoms with Crippen LogP contribution in [0, 0.1) is 0 Å². The first kappa shape index (κ1) is 17.7. The van der Waals surface area contributed by atoms with Crippen LogP contribution in [-0.2, 0) is 4.79 Å². The normalized spacial score (nSPS) is 15.7. The molecule has 0 atom stereocenters. The summed E-state index contributed by atoms with van der Waals surface area (Å²) >= 11 is 0. The largest absolute Gasteiger partial charge is 0.508 e. The van der Waals surface area contributed by atoms with Gasteiger partial charge in [0.05, 0.1) is 11.1 Å². The molecule has 6 nitrogen and oxygen atoms in total. The van der Waals surface area contributed by atoms with Crippen LogP contribution in [0.4, 0.5) is 5.82 Å². The van der Waals surface area contributed by atoms with Gasteiger partial charge in [-0.3, -0.25) is 4.79 Å². The van der Waals surface area contributed by atoms with E-state index in [1.165, 1.54) is 0 Å². The van der Waals surface area contributed by atoms with E-state index in [2.05, 4.69) is 16.5 Å². The Hall–Kier alpha value is -3.15. The fraction of sp³-hybridized carbons (Fsp3) is 0.250. The van der Waals surface area contributed by atoms with Crippen molar-refractivity contribution >= 4 is 28.7 Å². The van der Waals surface area contributed by atoms with Crippen LogP contribution in [0.3, 0.4) is 0 Å². The molecule has 1 saturated heterocycles. The van der Waals surface area contributed by atoms with Gasteiger partial charge in [-0.05, 0) is 25.1 Å². The Morgan fingerprint density at radius 1 is 1.19 bits per heavy atom. The van der Waals surface area contributed by atoms with E-state index in [1.54, 1.807) is 11.0 Å². The van der Waals surface area contributed by atoms with Gasteiger partial charge in [-0.1, -0.05) is 30.9 Å². The highest BCUT2D eigenvalue weighted by Gasteiger charge is 2.21. The summed E-state index contributed by atoms with van der Waals surface area (Å²) in [6.07, 6.45) is 6.32. The summed E-state index contributed by atoms with van der Waals surface area (Å²) in [6, 6.07) is 7.80. The van der Waals surface area contributed by atoms with Crippen molar-refractivity contribution in [2.45, 2.75) is 6.92 Å². The molecule has 1 aliphatic heterocycles. The number of allylic oxidation sites excluding steroid dienone is 4. The highest BCUT2D eigenvalue weighted by atomic mass is 16.3. The van der Waals surface area contributed by atoms with E-state index in [0.717, 1.165) is 23.1 Å². The van der Waals surface area contributed by atoms with E-state index in [1.807, 2.05) is 43.3 Å². The minimum atomic E-state index is -0.0740. The van der Waals surface area contributed by atoms with Gasteiger partial charge < -0.3 is 14.9 Å². The quantitative estimate of drug-likeness (QED) is 0.510. The van der Waals surface area contributed by atoms with Crippen LogP contribution < -0.4 is 4.90 Å². The zero-order valence-electron chi connectivity index (χ0n) is 14.8. The van der Waals surface area contributed by atoms with Crippen LogP contribution in [0.2, 0.25) is 0 Å². The Balaban J connectivity index is 2.10. The Morgan fingerprint density at radius 3 is 2.58 bits per heavy atom. The number of nitrogens with zero attached hydrogens (tertiary/aromatic N) is 4. The zero-order valence-corrected chi connectivity index (χ0v) is 14.8. The van der Waals surface area contributed by atoms with E-state index in [-0.39, 0.29) is 5.76 Å². The number of fused-ring (bicyclic) bond motifs is 1. The maximum absolute atomic E-state index is 11.0. The molecular weight excluding hydrogens is 328 g/mol. The summed E-state index contributed by atoms with van der Waals surface area (Å²) in [5, 5.41) is 10.9. The molecular formula is C20H22N4O2. The van der Waals surface area contributed by atoms with Gasteiger partial charge in [0.2, 0.25) is 6.41 Å². The lowest BCUT2D eigenvalue weighted by Gasteiger charge is -2.34. The average Bonchev–Trinajstić information content (AvgIpc) is 2.67. The van der Waals surface area contributed by atoms with Crippen LogP contribution in [-0.4, -0.2) is 52.6 Å². The van der Waals surface area contributed by atoms with Crippen molar-refractivity contribution in [1.82, 2.24) is 14.9 Å². The smallest absolute Gasteiger partial charge is 0.209 e.